The summed E-state index contributed by atoms with van der Waals surface area (Å²) in [4.78, 5) is 22.1. The summed E-state index contributed by atoms with van der Waals surface area (Å²) in [5.41, 5.74) is 7.71. The predicted octanol–water partition coefficient (Wildman–Crippen LogP) is 3.39. The summed E-state index contributed by atoms with van der Waals surface area (Å²) in [5.74, 6) is 1.60. The van der Waals surface area contributed by atoms with Gasteiger partial charge in [0.2, 0.25) is 17.6 Å². The molecular weight excluding hydrogens is 392 g/mol. The Morgan fingerprint density at radius 1 is 1.23 bits per heavy atom. The number of nitrogens with zero attached hydrogens (tertiary/aromatic N) is 5. The van der Waals surface area contributed by atoms with Crippen molar-refractivity contribution in [3.05, 3.63) is 47.6 Å². The zero-order valence-electron chi connectivity index (χ0n) is 17.5. The summed E-state index contributed by atoms with van der Waals surface area (Å²) in [5, 5.41) is 7.27. The molecule has 3 aromatic heterocycles. The number of benzene rings is 1. The molecule has 4 heterocycles. The fraction of sp³-hybridized carbons (Fsp3) is 0.391. The van der Waals surface area contributed by atoms with Gasteiger partial charge in [0.05, 0.1) is 17.5 Å². The molecule has 31 heavy (non-hydrogen) atoms. The normalized spacial score (nSPS) is 17.1. The SMILES string of the molecule is Cc1c(CC(=O)NN2CCCC2)c2ccccc2n2cnc(-c3noc(C4CC4)n3)c12. The Morgan fingerprint density at radius 3 is 2.84 bits per heavy atom. The van der Waals surface area contributed by atoms with Gasteiger partial charge < -0.3 is 4.52 Å². The Bertz CT molecular complexity index is 1300. The summed E-state index contributed by atoms with van der Waals surface area (Å²) < 4.78 is 7.54. The molecular formula is C23H24N6O2. The maximum absolute atomic E-state index is 12.9. The standard InChI is InChI=1S/C23H24N6O2/c1-14-17(12-19(30)26-28-10-4-5-11-28)16-6-2-3-7-18(16)29-13-24-20(21(14)29)22-25-23(31-27-22)15-8-9-15/h2-3,6-7,13,15H,4-5,8-12H2,1H3,(H,26,30). The molecule has 0 radical (unpaired) electrons. The van der Waals surface area contributed by atoms with E-state index < -0.39 is 0 Å². The number of para-hydroxylation sites is 1. The molecule has 8 heteroatoms. The van der Waals surface area contributed by atoms with Crippen molar-refractivity contribution < 1.29 is 9.32 Å². The molecule has 1 aromatic carbocycles. The van der Waals surface area contributed by atoms with Crippen molar-refractivity contribution >= 4 is 22.3 Å². The van der Waals surface area contributed by atoms with E-state index in [4.69, 9.17) is 4.52 Å². The lowest BCUT2D eigenvalue weighted by atomic mass is 9.98. The molecule has 0 bridgehead atoms. The highest BCUT2D eigenvalue weighted by Crippen LogP contribution is 2.40. The number of rotatable bonds is 5. The van der Waals surface area contributed by atoms with Gasteiger partial charge in [-0.2, -0.15) is 4.98 Å². The average molecular weight is 416 g/mol. The van der Waals surface area contributed by atoms with E-state index in [0.717, 1.165) is 66.3 Å². The first-order chi connectivity index (χ1) is 15.2. The van der Waals surface area contributed by atoms with E-state index in [9.17, 15) is 4.79 Å². The third kappa shape index (κ3) is 3.18. The molecule has 1 N–H and O–H groups in total. The third-order valence-electron chi connectivity index (χ3n) is 6.37. The van der Waals surface area contributed by atoms with Crippen molar-refractivity contribution in [3.8, 4) is 11.5 Å². The zero-order chi connectivity index (χ0) is 20.9. The number of carbonyl (C=O) groups excluding carboxylic acids is 1. The first-order valence-corrected chi connectivity index (χ1v) is 10.9. The zero-order valence-corrected chi connectivity index (χ0v) is 17.5. The second-order valence-electron chi connectivity index (χ2n) is 8.57. The number of carbonyl (C=O) groups is 1. The Kier molecular flexibility index (Phi) is 4.27. The summed E-state index contributed by atoms with van der Waals surface area (Å²) in [6, 6.07) is 8.14. The second kappa shape index (κ2) is 7.16. The number of hydrogen-bond acceptors (Lipinski definition) is 6. The number of hydrazine groups is 1. The van der Waals surface area contributed by atoms with Gasteiger partial charge in [-0.15, -0.1) is 0 Å². The van der Waals surface area contributed by atoms with Gasteiger partial charge in [0.1, 0.15) is 12.0 Å². The van der Waals surface area contributed by atoms with Crippen LogP contribution in [-0.2, 0) is 11.2 Å². The lowest BCUT2D eigenvalue weighted by molar-refractivity contribution is -0.124. The van der Waals surface area contributed by atoms with E-state index in [1.807, 2.05) is 24.1 Å². The van der Waals surface area contributed by atoms with Crippen molar-refractivity contribution in [3.63, 3.8) is 0 Å². The van der Waals surface area contributed by atoms with Crippen LogP contribution in [0.15, 0.2) is 35.1 Å². The highest BCUT2D eigenvalue weighted by atomic mass is 16.5. The van der Waals surface area contributed by atoms with Crippen LogP contribution in [0.4, 0.5) is 0 Å². The van der Waals surface area contributed by atoms with E-state index in [1.54, 1.807) is 6.33 Å². The first kappa shape index (κ1) is 18.5. The molecule has 6 rings (SSSR count). The first-order valence-electron chi connectivity index (χ1n) is 10.9. The van der Waals surface area contributed by atoms with Gasteiger partial charge in [0.15, 0.2) is 0 Å². The van der Waals surface area contributed by atoms with Crippen molar-refractivity contribution in [1.29, 1.82) is 0 Å². The smallest absolute Gasteiger partial charge is 0.238 e. The third-order valence-corrected chi connectivity index (χ3v) is 6.37. The van der Waals surface area contributed by atoms with Crippen LogP contribution in [0.3, 0.4) is 0 Å². The molecule has 0 atom stereocenters. The summed E-state index contributed by atoms with van der Waals surface area (Å²) >= 11 is 0. The minimum Gasteiger partial charge on any atom is -0.339 e. The van der Waals surface area contributed by atoms with Crippen molar-refractivity contribution in [1.82, 2.24) is 30.0 Å². The Hall–Kier alpha value is -3.26. The van der Waals surface area contributed by atoms with E-state index in [-0.39, 0.29) is 5.91 Å². The number of hydrogen-bond donors (Lipinski definition) is 1. The summed E-state index contributed by atoms with van der Waals surface area (Å²) in [6.07, 6.45) is 6.57. The van der Waals surface area contributed by atoms with E-state index in [2.05, 4.69) is 37.1 Å². The Balaban J connectivity index is 1.46. The van der Waals surface area contributed by atoms with Gasteiger partial charge in [0.25, 0.3) is 0 Å². The number of aromatic nitrogens is 4. The highest BCUT2D eigenvalue weighted by Gasteiger charge is 2.31. The Labute approximate surface area is 179 Å². The van der Waals surface area contributed by atoms with Crippen LogP contribution in [0.2, 0.25) is 0 Å². The van der Waals surface area contributed by atoms with Gasteiger partial charge in [-0.05, 0) is 49.8 Å². The molecule has 158 valence electrons. The van der Waals surface area contributed by atoms with Gasteiger partial charge in [-0.3, -0.25) is 14.6 Å². The molecule has 0 unspecified atom stereocenters. The van der Waals surface area contributed by atoms with Crippen LogP contribution in [0.1, 0.15) is 48.6 Å². The largest absolute Gasteiger partial charge is 0.339 e. The number of fused-ring (bicyclic) bond motifs is 3. The monoisotopic (exact) mass is 416 g/mol. The van der Waals surface area contributed by atoms with Crippen LogP contribution in [-0.4, -0.2) is 43.5 Å². The number of imidazole rings is 1. The van der Waals surface area contributed by atoms with Crippen LogP contribution >= 0.6 is 0 Å². The lowest BCUT2D eigenvalue weighted by Crippen LogP contribution is -2.40. The quantitative estimate of drug-likeness (QED) is 0.536. The molecule has 1 aliphatic carbocycles. The fourth-order valence-electron chi connectivity index (χ4n) is 4.60. The van der Waals surface area contributed by atoms with Crippen molar-refractivity contribution in [2.75, 3.05) is 13.1 Å². The molecule has 2 fully saturated rings. The number of amides is 1. The van der Waals surface area contributed by atoms with Gasteiger partial charge in [0, 0.05) is 24.4 Å². The van der Waals surface area contributed by atoms with E-state index in [1.165, 1.54) is 0 Å². The fourth-order valence-corrected chi connectivity index (χ4v) is 4.60. The highest BCUT2D eigenvalue weighted by molar-refractivity contribution is 5.95. The van der Waals surface area contributed by atoms with Gasteiger partial charge in [-0.25, -0.2) is 9.99 Å². The van der Waals surface area contributed by atoms with Crippen LogP contribution < -0.4 is 5.43 Å². The minimum absolute atomic E-state index is 0.0103. The maximum atomic E-state index is 12.9. The molecule has 0 spiro atoms. The topological polar surface area (TPSA) is 88.6 Å². The molecule has 1 saturated carbocycles. The van der Waals surface area contributed by atoms with Gasteiger partial charge >= 0.3 is 0 Å². The Morgan fingerprint density at radius 2 is 2.03 bits per heavy atom. The summed E-state index contributed by atoms with van der Waals surface area (Å²) in [6.45, 7) is 3.88. The van der Waals surface area contributed by atoms with Gasteiger partial charge in [-0.1, -0.05) is 23.4 Å². The summed E-state index contributed by atoms with van der Waals surface area (Å²) in [7, 11) is 0. The van der Waals surface area contributed by atoms with E-state index in [0.29, 0.717) is 29.7 Å². The molecule has 8 nitrogen and oxygen atoms in total. The number of nitrogens with one attached hydrogen (secondary N) is 1. The van der Waals surface area contributed by atoms with Crippen LogP contribution in [0.5, 0.6) is 0 Å². The molecule has 1 aliphatic heterocycles. The molecule has 1 amide bonds. The molecule has 2 aliphatic rings. The number of aryl methyl sites for hydroxylation is 1. The second-order valence-corrected chi connectivity index (χ2v) is 8.57. The van der Waals surface area contributed by atoms with Crippen LogP contribution in [0.25, 0.3) is 27.9 Å². The van der Waals surface area contributed by atoms with Crippen molar-refractivity contribution in [2.45, 2.75) is 44.9 Å². The van der Waals surface area contributed by atoms with Crippen LogP contribution in [0, 0.1) is 6.92 Å². The van der Waals surface area contributed by atoms with Crippen molar-refractivity contribution in [2.24, 2.45) is 0 Å². The molecule has 1 saturated heterocycles. The predicted molar refractivity (Wildman–Crippen MR) is 115 cm³/mol. The molecule has 4 aromatic rings. The van der Waals surface area contributed by atoms with E-state index >= 15 is 0 Å². The maximum Gasteiger partial charge on any atom is 0.238 e. The lowest BCUT2D eigenvalue weighted by Gasteiger charge is -2.18. The number of pyridine rings is 1. The average Bonchev–Trinajstić information content (AvgIpc) is 3.17. The minimum atomic E-state index is 0.0103.